The van der Waals surface area contributed by atoms with E-state index in [9.17, 15) is 14.0 Å². The van der Waals surface area contributed by atoms with Gasteiger partial charge in [-0.05, 0) is 78.9 Å². The first-order chi connectivity index (χ1) is 15.1. The Morgan fingerprint density at radius 3 is 2.15 bits per heavy atom. The Morgan fingerprint density at radius 2 is 1.67 bits per heavy atom. The average molecular weight is 462 g/mol. The van der Waals surface area contributed by atoms with Crippen LogP contribution in [0.2, 0.25) is 0 Å². The topological polar surface area (TPSA) is 68.3 Å². The van der Waals surface area contributed by atoms with Crippen molar-refractivity contribution in [1.29, 1.82) is 0 Å². The van der Waals surface area contributed by atoms with Gasteiger partial charge in [-0.25, -0.2) is 9.18 Å². The van der Waals surface area contributed by atoms with Crippen LogP contribution in [0.15, 0.2) is 18.2 Å². The molecule has 0 aliphatic carbocycles. The summed E-state index contributed by atoms with van der Waals surface area (Å²) in [7, 11) is 1.03. The van der Waals surface area contributed by atoms with Crippen molar-refractivity contribution in [1.82, 2.24) is 9.80 Å². The van der Waals surface area contributed by atoms with Crippen LogP contribution in [0.1, 0.15) is 71.7 Å². The van der Waals surface area contributed by atoms with Crippen LogP contribution in [-0.4, -0.2) is 71.9 Å². The molecular weight excluding hydrogens is 426 g/mol. The third-order valence-corrected chi connectivity index (χ3v) is 6.73. The number of piperidine rings is 1. The summed E-state index contributed by atoms with van der Waals surface area (Å²) in [4.78, 5) is 28.5. The molecule has 0 aromatic heterocycles. The summed E-state index contributed by atoms with van der Waals surface area (Å²) >= 11 is 0. The van der Waals surface area contributed by atoms with E-state index in [1.165, 1.54) is 12.1 Å². The summed E-state index contributed by atoms with van der Waals surface area (Å²) in [5, 5.41) is 0. The molecule has 0 spiro atoms. The molecule has 0 bridgehead atoms. The Bertz CT molecular complexity index is 891. The smallest absolute Gasteiger partial charge is 0.444 e. The van der Waals surface area contributed by atoms with E-state index < -0.39 is 29.7 Å². The molecule has 0 unspecified atom stereocenters. The fraction of sp³-hybridized carbons (Fsp3) is 0.667. The maximum absolute atomic E-state index is 14.9. The highest BCUT2D eigenvalue weighted by molar-refractivity contribution is 6.62. The van der Waals surface area contributed by atoms with E-state index in [-0.39, 0.29) is 23.6 Å². The number of carbonyl (C=O) groups excluding carboxylic acids is 2. The van der Waals surface area contributed by atoms with Gasteiger partial charge in [0.25, 0.3) is 5.91 Å². The third kappa shape index (κ3) is 5.52. The zero-order valence-corrected chi connectivity index (χ0v) is 21.0. The maximum Gasteiger partial charge on any atom is 0.494 e. The van der Waals surface area contributed by atoms with Gasteiger partial charge in [-0.3, -0.25) is 4.79 Å². The fourth-order valence-corrected chi connectivity index (χ4v) is 3.94. The molecule has 2 saturated heterocycles. The molecule has 0 N–H and O–H groups in total. The third-order valence-electron chi connectivity index (χ3n) is 6.73. The first-order valence-corrected chi connectivity index (χ1v) is 11.5. The quantitative estimate of drug-likeness (QED) is 0.643. The predicted octanol–water partition coefficient (Wildman–Crippen LogP) is 3.60. The predicted molar refractivity (Wildman–Crippen MR) is 125 cm³/mol. The Kier molecular flexibility index (Phi) is 6.88. The normalized spacial score (nSPS) is 20.6. The summed E-state index contributed by atoms with van der Waals surface area (Å²) in [6, 6.07) is 4.47. The SMILES string of the molecule is CN(C(=O)OC(C)(C)C)C1CCN(C(=O)c2ccc(B3OC(C)(C)C(C)(C)O3)cc2F)CC1. The lowest BCUT2D eigenvalue weighted by Gasteiger charge is -2.37. The van der Waals surface area contributed by atoms with E-state index in [0.717, 1.165) is 0 Å². The number of carbonyl (C=O) groups is 2. The zero-order valence-electron chi connectivity index (χ0n) is 21.0. The number of halogens is 1. The van der Waals surface area contributed by atoms with E-state index in [1.807, 2.05) is 48.5 Å². The van der Waals surface area contributed by atoms with E-state index in [4.69, 9.17) is 14.0 Å². The van der Waals surface area contributed by atoms with Crippen molar-refractivity contribution < 1.29 is 28.0 Å². The van der Waals surface area contributed by atoms with Gasteiger partial charge in [0.1, 0.15) is 11.4 Å². The highest BCUT2D eigenvalue weighted by Gasteiger charge is 2.51. The molecule has 2 fully saturated rings. The molecule has 182 valence electrons. The van der Waals surface area contributed by atoms with Gasteiger partial charge in [0, 0.05) is 26.2 Å². The van der Waals surface area contributed by atoms with Crippen molar-refractivity contribution in [3.8, 4) is 0 Å². The second-order valence-electron chi connectivity index (χ2n) is 10.9. The Balaban J connectivity index is 1.62. The molecule has 33 heavy (non-hydrogen) atoms. The largest absolute Gasteiger partial charge is 0.494 e. The number of ether oxygens (including phenoxy) is 1. The molecular formula is C24H36BFN2O5. The Labute approximate surface area is 196 Å². The van der Waals surface area contributed by atoms with Crippen molar-refractivity contribution in [2.75, 3.05) is 20.1 Å². The molecule has 2 heterocycles. The molecule has 2 amide bonds. The van der Waals surface area contributed by atoms with Crippen molar-refractivity contribution >= 4 is 24.6 Å². The molecule has 2 aliphatic rings. The van der Waals surface area contributed by atoms with E-state index in [1.54, 1.807) is 22.9 Å². The molecule has 7 nitrogen and oxygen atoms in total. The van der Waals surface area contributed by atoms with Crippen LogP contribution >= 0.6 is 0 Å². The number of likely N-dealkylation sites (tertiary alicyclic amines) is 1. The minimum Gasteiger partial charge on any atom is -0.444 e. The van der Waals surface area contributed by atoms with Crippen LogP contribution in [0.5, 0.6) is 0 Å². The fourth-order valence-electron chi connectivity index (χ4n) is 3.94. The van der Waals surface area contributed by atoms with Gasteiger partial charge in [-0.2, -0.15) is 0 Å². The monoisotopic (exact) mass is 462 g/mol. The van der Waals surface area contributed by atoms with Gasteiger partial charge in [-0.15, -0.1) is 0 Å². The summed E-state index contributed by atoms with van der Waals surface area (Å²) in [6.07, 6.45) is 0.834. The average Bonchev–Trinajstić information content (AvgIpc) is 2.93. The van der Waals surface area contributed by atoms with Crippen molar-refractivity contribution in [2.24, 2.45) is 0 Å². The Hall–Kier alpha value is -2.13. The molecule has 0 atom stereocenters. The highest BCUT2D eigenvalue weighted by Crippen LogP contribution is 2.36. The lowest BCUT2D eigenvalue weighted by molar-refractivity contribution is 0.00578. The standard InChI is InChI=1S/C24H36BFN2O5/c1-22(2,3)31-21(30)27(8)17-11-13-28(14-12-17)20(29)18-10-9-16(15-19(18)26)25-32-23(4,5)24(6,7)33-25/h9-10,15,17H,11-14H2,1-8H3. The van der Waals surface area contributed by atoms with E-state index in [2.05, 4.69) is 0 Å². The molecule has 0 saturated carbocycles. The summed E-state index contributed by atoms with van der Waals surface area (Å²) < 4.78 is 32.3. The molecule has 0 radical (unpaired) electrons. The van der Waals surface area contributed by atoms with Crippen molar-refractivity contribution in [2.45, 2.75) is 84.2 Å². The molecule has 9 heteroatoms. The number of hydrogen-bond acceptors (Lipinski definition) is 5. The number of amides is 2. The lowest BCUT2D eigenvalue weighted by Crippen LogP contribution is -2.48. The number of benzene rings is 1. The van der Waals surface area contributed by atoms with Gasteiger partial charge in [-0.1, -0.05) is 6.07 Å². The maximum atomic E-state index is 14.9. The molecule has 1 aromatic rings. The van der Waals surface area contributed by atoms with Crippen LogP contribution < -0.4 is 5.46 Å². The summed E-state index contributed by atoms with van der Waals surface area (Å²) in [5.41, 5.74) is -1.06. The second kappa shape index (κ2) is 8.91. The lowest BCUT2D eigenvalue weighted by atomic mass is 9.78. The van der Waals surface area contributed by atoms with Crippen LogP contribution in [0.25, 0.3) is 0 Å². The van der Waals surface area contributed by atoms with Crippen LogP contribution in [0.3, 0.4) is 0 Å². The van der Waals surface area contributed by atoms with Crippen LogP contribution in [-0.2, 0) is 14.0 Å². The molecule has 3 rings (SSSR count). The first-order valence-electron chi connectivity index (χ1n) is 11.5. The molecule has 2 aliphatic heterocycles. The second-order valence-corrected chi connectivity index (χ2v) is 10.9. The van der Waals surface area contributed by atoms with Crippen LogP contribution in [0, 0.1) is 5.82 Å². The number of hydrogen-bond donors (Lipinski definition) is 0. The number of nitrogens with zero attached hydrogens (tertiary/aromatic N) is 2. The van der Waals surface area contributed by atoms with Crippen LogP contribution in [0.4, 0.5) is 9.18 Å². The Morgan fingerprint density at radius 1 is 1.12 bits per heavy atom. The number of rotatable bonds is 3. The summed E-state index contributed by atoms with van der Waals surface area (Å²) in [5.74, 6) is -0.952. The van der Waals surface area contributed by atoms with Gasteiger partial charge < -0.3 is 23.8 Å². The minimum absolute atomic E-state index is 0.0224. The first kappa shape index (κ1) is 25.5. The van der Waals surface area contributed by atoms with Gasteiger partial charge >= 0.3 is 13.2 Å². The van der Waals surface area contributed by atoms with Crippen molar-refractivity contribution in [3.05, 3.63) is 29.6 Å². The zero-order chi connectivity index (χ0) is 24.8. The highest BCUT2D eigenvalue weighted by atomic mass is 19.1. The van der Waals surface area contributed by atoms with E-state index in [0.29, 0.717) is 31.4 Å². The van der Waals surface area contributed by atoms with Gasteiger partial charge in [0.15, 0.2) is 0 Å². The van der Waals surface area contributed by atoms with Crippen molar-refractivity contribution in [3.63, 3.8) is 0 Å². The van der Waals surface area contributed by atoms with Gasteiger partial charge in [0.05, 0.1) is 16.8 Å². The van der Waals surface area contributed by atoms with Gasteiger partial charge in [0.2, 0.25) is 0 Å². The summed E-state index contributed by atoms with van der Waals surface area (Å²) in [6.45, 7) is 14.1. The minimum atomic E-state index is -0.687. The van der Waals surface area contributed by atoms with E-state index >= 15 is 0 Å². The molecule has 1 aromatic carbocycles.